The lowest BCUT2D eigenvalue weighted by Gasteiger charge is -2.09. The Kier molecular flexibility index (Phi) is 3.53. The Morgan fingerprint density at radius 1 is 1.33 bits per heavy atom. The predicted molar refractivity (Wildman–Crippen MR) is 74.4 cm³/mol. The smallest absolute Gasteiger partial charge is 0.258 e. The molecular formula is C13H14N2O2S. The van der Waals surface area contributed by atoms with Gasteiger partial charge >= 0.3 is 0 Å². The Morgan fingerprint density at radius 2 is 2.11 bits per heavy atom. The zero-order valence-electron chi connectivity index (χ0n) is 10.2. The van der Waals surface area contributed by atoms with Gasteiger partial charge in [0.2, 0.25) is 0 Å². The summed E-state index contributed by atoms with van der Waals surface area (Å²) in [5.41, 5.74) is 6.64. The molecule has 1 aromatic heterocycles. The Hall–Kier alpha value is -2.01. The van der Waals surface area contributed by atoms with Gasteiger partial charge in [0.15, 0.2) is 0 Å². The van der Waals surface area contributed by atoms with E-state index in [1.165, 1.54) is 18.4 Å². The first-order valence-electron chi connectivity index (χ1n) is 5.42. The van der Waals surface area contributed by atoms with E-state index < -0.39 is 0 Å². The maximum Gasteiger partial charge on any atom is 0.258 e. The fourth-order valence-corrected chi connectivity index (χ4v) is 2.36. The van der Waals surface area contributed by atoms with Crippen LogP contribution in [0.15, 0.2) is 30.3 Å². The third-order valence-electron chi connectivity index (χ3n) is 2.51. The number of nitrogens with two attached hydrogens (primary N) is 1. The summed E-state index contributed by atoms with van der Waals surface area (Å²) < 4.78 is 5.09. The maximum atomic E-state index is 12.1. The van der Waals surface area contributed by atoms with Crippen LogP contribution in [0.3, 0.4) is 0 Å². The molecule has 0 atom stereocenters. The molecule has 0 fully saturated rings. The quantitative estimate of drug-likeness (QED) is 0.836. The minimum absolute atomic E-state index is 0.228. The summed E-state index contributed by atoms with van der Waals surface area (Å²) in [5, 5.41) is 3.62. The Bertz CT molecular complexity index is 578. The largest absolute Gasteiger partial charge is 0.495 e. The molecule has 18 heavy (non-hydrogen) atoms. The molecule has 0 aliphatic carbocycles. The van der Waals surface area contributed by atoms with Gasteiger partial charge in [-0.25, -0.2) is 0 Å². The lowest BCUT2D eigenvalue weighted by atomic mass is 10.1. The van der Waals surface area contributed by atoms with Crippen LogP contribution in [0.25, 0.3) is 0 Å². The second-order valence-corrected chi connectivity index (χ2v) is 5.07. The lowest BCUT2D eigenvalue weighted by Crippen LogP contribution is -2.13. The van der Waals surface area contributed by atoms with Gasteiger partial charge in [-0.15, -0.1) is 11.3 Å². The molecule has 0 spiro atoms. The number of carbonyl (C=O) groups is 1. The summed E-state index contributed by atoms with van der Waals surface area (Å²) in [4.78, 5) is 13.2. The van der Waals surface area contributed by atoms with Gasteiger partial charge in [-0.2, -0.15) is 0 Å². The van der Waals surface area contributed by atoms with Crippen LogP contribution in [0.4, 0.5) is 10.7 Å². The van der Waals surface area contributed by atoms with E-state index in [9.17, 15) is 4.79 Å². The number of methoxy groups -OCH3 is 1. The Morgan fingerprint density at radius 3 is 2.72 bits per heavy atom. The summed E-state index contributed by atoms with van der Waals surface area (Å²) >= 11 is 1.52. The third-order valence-corrected chi connectivity index (χ3v) is 3.42. The van der Waals surface area contributed by atoms with Crippen molar-refractivity contribution >= 4 is 27.9 Å². The van der Waals surface area contributed by atoms with Crippen molar-refractivity contribution in [3.63, 3.8) is 0 Å². The van der Waals surface area contributed by atoms with Crippen molar-refractivity contribution in [3.8, 4) is 5.75 Å². The number of thiophene rings is 1. The lowest BCUT2D eigenvalue weighted by molar-refractivity contribution is 0.102. The number of hydrogen-bond acceptors (Lipinski definition) is 4. The van der Waals surface area contributed by atoms with Crippen molar-refractivity contribution in [2.45, 2.75) is 6.92 Å². The van der Waals surface area contributed by atoms with Crippen LogP contribution < -0.4 is 15.8 Å². The van der Waals surface area contributed by atoms with E-state index in [1.54, 1.807) is 18.2 Å². The molecule has 0 aliphatic heterocycles. The number of hydrogen-bond donors (Lipinski definition) is 2. The molecule has 1 aromatic carbocycles. The summed E-state index contributed by atoms with van der Waals surface area (Å²) in [6.07, 6.45) is 0. The highest BCUT2D eigenvalue weighted by Gasteiger charge is 2.13. The minimum atomic E-state index is -0.228. The summed E-state index contributed by atoms with van der Waals surface area (Å²) in [6.45, 7) is 1.99. The number of nitrogens with one attached hydrogen (secondary N) is 1. The Balaban J connectivity index is 2.24. The van der Waals surface area contributed by atoms with Crippen LogP contribution in [0.5, 0.6) is 5.75 Å². The first-order chi connectivity index (χ1) is 8.61. The SMILES string of the molecule is COc1cccc(C(=O)Nc2ccc(C)s2)c1N. The van der Waals surface area contributed by atoms with E-state index in [-0.39, 0.29) is 5.91 Å². The van der Waals surface area contributed by atoms with Gasteiger partial charge in [-0.05, 0) is 31.2 Å². The van der Waals surface area contributed by atoms with Crippen LogP contribution in [-0.2, 0) is 0 Å². The van der Waals surface area contributed by atoms with E-state index in [1.807, 2.05) is 19.1 Å². The van der Waals surface area contributed by atoms with Crippen LogP contribution in [0, 0.1) is 6.92 Å². The van der Waals surface area contributed by atoms with E-state index in [2.05, 4.69) is 5.32 Å². The zero-order chi connectivity index (χ0) is 13.1. The summed E-state index contributed by atoms with van der Waals surface area (Å²) in [6, 6.07) is 8.96. The van der Waals surface area contributed by atoms with Gasteiger partial charge in [-0.3, -0.25) is 4.79 Å². The zero-order valence-corrected chi connectivity index (χ0v) is 11.0. The van der Waals surface area contributed by atoms with Gasteiger partial charge in [0.05, 0.1) is 23.4 Å². The molecule has 2 rings (SSSR count). The van der Waals surface area contributed by atoms with Gasteiger partial charge in [0.1, 0.15) is 5.75 Å². The first-order valence-corrected chi connectivity index (χ1v) is 6.23. The molecule has 0 saturated carbocycles. The molecule has 4 nitrogen and oxygen atoms in total. The van der Waals surface area contributed by atoms with Crippen LogP contribution in [-0.4, -0.2) is 13.0 Å². The monoisotopic (exact) mass is 262 g/mol. The molecule has 0 radical (unpaired) electrons. The third kappa shape index (κ3) is 2.46. The van der Waals surface area contributed by atoms with E-state index >= 15 is 0 Å². The topological polar surface area (TPSA) is 64.3 Å². The van der Waals surface area contributed by atoms with Crippen LogP contribution in [0.1, 0.15) is 15.2 Å². The second kappa shape index (κ2) is 5.10. The van der Waals surface area contributed by atoms with Gasteiger partial charge in [0.25, 0.3) is 5.91 Å². The highest BCUT2D eigenvalue weighted by atomic mass is 32.1. The van der Waals surface area contributed by atoms with Gasteiger partial charge in [-0.1, -0.05) is 6.07 Å². The number of carbonyl (C=O) groups excluding carboxylic acids is 1. The Labute approximate surface area is 109 Å². The fourth-order valence-electron chi connectivity index (χ4n) is 1.60. The van der Waals surface area contributed by atoms with Crippen molar-refractivity contribution in [3.05, 3.63) is 40.8 Å². The number of para-hydroxylation sites is 1. The number of benzene rings is 1. The second-order valence-electron chi connectivity index (χ2n) is 3.79. The molecule has 0 saturated heterocycles. The normalized spacial score (nSPS) is 10.1. The highest BCUT2D eigenvalue weighted by molar-refractivity contribution is 7.16. The van der Waals surface area contributed by atoms with Crippen molar-refractivity contribution in [1.29, 1.82) is 0 Å². The predicted octanol–water partition coefficient (Wildman–Crippen LogP) is 2.90. The van der Waals surface area contributed by atoms with Gasteiger partial charge in [0, 0.05) is 4.88 Å². The van der Waals surface area contributed by atoms with E-state index in [0.29, 0.717) is 17.0 Å². The van der Waals surface area contributed by atoms with Crippen LogP contribution in [0.2, 0.25) is 0 Å². The first kappa shape index (κ1) is 12.4. The highest BCUT2D eigenvalue weighted by Crippen LogP contribution is 2.27. The molecule has 1 amide bonds. The average Bonchev–Trinajstić information content (AvgIpc) is 2.75. The standard InChI is InChI=1S/C13H14N2O2S/c1-8-6-7-11(18-8)15-13(16)9-4-3-5-10(17-2)12(9)14/h3-7H,14H2,1-2H3,(H,15,16). The molecule has 1 heterocycles. The number of anilines is 2. The molecule has 2 aromatic rings. The molecular weight excluding hydrogens is 248 g/mol. The van der Waals surface area contributed by atoms with Crippen molar-refractivity contribution in [1.82, 2.24) is 0 Å². The summed E-state index contributed by atoms with van der Waals surface area (Å²) in [7, 11) is 1.52. The fraction of sp³-hybridized carbons (Fsp3) is 0.154. The molecule has 0 bridgehead atoms. The van der Waals surface area contributed by atoms with Gasteiger partial charge < -0.3 is 15.8 Å². The minimum Gasteiger partial charge on any atom is -0.495 e. The number of aryl methyl sites for hydroxylation is 1. The molecule has 94 valence electrons. The molecule has 0 aliphatic rings. The van der Waals surface area contributed by atoms with E-state index in [0.717, 1.165) is 9.88 Å². The molecule has 5 heteroatoms. The van der Waals surface area contributed by atoms with Crippen molar-refractivity contribution in [2.24, 2.45) is 0 Å². The number of amides is 1. The number of rotatable bonds is 3. The summed E-state index contributed by atoms with van der Waals surface area (Å²) in [5.74, 6) is 0.276. The van der Waals surface area contributed by atoms with Crippen LogP contribution >= 0.6 is 11.3 Å². The van der Waals surface area contributed by atoms with Crippen molar-refractivity contribution < 1.29 is 9.53 Å². The maximum absolute atomic E-state index is 12.1. The van der Waals surface area contributed by atoms with Crippen molar-refractivity contribution in [2.75, 3.05) is 18.2 Å². The number of ether oxygens (including phenoxy) is 1. The number of nitrogen functional groups attached to an aromatic ring is 1. The average molecular weight is 262 g/mol. The molecule has 0 unspecified atom stereocenters. The molecule has 3 N–H and O–H groups in total. The van der Waals surface area contributed by atoms with E-state index in [4.69, 9.17) is 10.5 Å².